The minimum absolute atomic E-state index is 0.137. The number of carbonyl (C=O) groups is 1. The number of urea groups is 1. The van der Waals surface area contributed by atoms with Crippen LogP contribution in [0.25, 0.3) is 0 Å². The number of amides is 2. The highest BCUT2D eigenvalue weighted by Crippen LogP contribution is 2.20. The first-order chi connectivity index (χ1) is 13.7. The van der Waals surface area contributed by atoms with E-state index in [0.29, 0.717) is 31.1 Å². The summed E-state index contributed by atoms with van der Waals surface area (Å²) in [7, 11) is 0. The molecule has 1 aromatic heterocycles. The summed E-state index contributed by atoms with van der Waals surface area (Å²) in [4.78, 5) is 18.3. The summed E-state index contributed by atoms with van der Waals surface area (Å²) in [6, 6.07) is 12.5. The highest BCUT2D eigenvalue weighted by atomic mass is 16.5. The first-order valence-electron chi connectivity index (χ1n) is 9.49. The first-order valence-corrected chi connectivity index (χ1v) is 9.49. The van der Waals surface area contributed by atoms with Crippen LogP contribution in [0.4, 0.5) is 10.5 Å². The molecule has 1 saturated heterocycles. The van der Waals surface area contributed by atoms with Gasteiger partial charge in [-0.1, -0.05) is 13.3 Å². The van der Waals surface area contributed by atoms with Crippen LogP contribution < -0.4 is 14.8 Å². The molecule has 1 atom stereocenters. The van der Waals surface area contributed by atoms with Crippen LogP contribution in [0.5, 0.6) is 11.6 Å². The van der Waals surface area contributed by atoms with Gasteiger partial charge in [0, 0.05) is 30.9 Å². The second-order valence-electron chi connectivity index (χ2n) is 6.63. The summed E-state index contributed by atoms with van der Waals surface area (Å²) in [5, 5.41) is 11.8. The van der Waals surface area contributed by atoms with E-state index in [9.17, 15) is 4.79 Å². The van der Waals surface area contributed by atoms with Crippen LogP contribution in [0, 0.1) is 11.3 Å². The smallest absolute Gasteiger partial charge is 0.321 e. The van der Waals surface area contributed by atoms with Gasteiger partial charge in [-0.15, -0.1) is 0 Å². The number of unbranched alkanes of at least 4 members (excludes halogenated alkanes) is 1. The van der Waals surface area contributed by atoms with Crippen molar-refractivity contribution in [1.29, 1.82) is 5.26 Å². The maximum Gasteiger partial charge on any atom is 0.321 e. The molecule has 2 amide bonds. The van der Waals surface area contributed by atoms with Crippen LogP contribution in [0.15, 0.2) is 42.6 Å². The van der Waals surface area contributed by atoms with Crippen molar-refractivity contribution >= 4 is 11.7 Å². The Bertz CT molecular complexity index is 832. The lowest BCUT2D eigenvalue weighted by atomic mass is 10.3. The van der Waals surface area contributed by atoms with Gasteiger partial charge in [0.15, 0.2) is 0 Å². The number of nitrogens with zero attached hydrogens (tertiary/aromatic N) is 3. The van der Waals surface area contributed by atoms with Crippen molar-refractivity contribution < 1.29 is 14.3 Å². The fraction of sp³-hybridized carbons (Fsp3) is 0.381. The Balaban J connectivity index is 1.48. The molecule has 1 aromatic carbocycles. The van der Waals surface area contributed by atoms with E-state index >= 15 is 0 Å². The largest absolute Gasteiger partial charge is 0.494 e. The normalized spacial score (nSPS) is 15.7. The van der Waals surface area contributed by atoms with Crippen LogP contribution in [-0.2, 0) is 0 Å². The van der Waals surface area contributed by atoms with Crippen molar-refractivity contribution in [3.8, 4) is 17.7 Å². The minimum Gasteiger partial charge on any atom is -0.494 e. The average molecular weight is 380 g/mol. The molecule has 2 aromatic rings. The van der Waals surface area contributed by atoms with Gasteiger partial charge in [0.25, 0.3) is 0 Å². The number of nitriles is 1. The molecular weight excluding hydrogens is 356 g/mol. The number of pyridine rings is 1. The average Bonchev–Trinajstić information content (AvgIpc) is 3.18. The van der Waals surface area contributed by atoms with Crippen molar-refractivity contribution in [3.05, 3.63) is 48.2 Å². The van der Waals surface area contributed by atoms with Crippen LogP contribution >= 0.6 is 0 Å². The second kappa shape index (κ2) is 9.60. The van der Waals surface area contributed by atoms with Crippen LogP contribution in [0.1, 0.15) is 31.7 Å². The van der Waals surface area contributed by atoms with E-state index < -0.39 is 0 Å². The summed E-state index contributed by atoms with van der Waals surface area (Å²) in [6.07, 6.45) is 4.24. The van der Waals surface area contributed by atoms with E-state index in [1.807, 2.05) is 24.3 Å². The predicted octanol–water partition coefficient (Wildman–Crippen LogP) is 3.82. The molecular formula is C21H24N4O3. The number of nitrogens with one attached hydrogen (secondary N) is 1. The Morgan fingerprint density at radius 2 is 2.18 bits per heavy atom. The molecule has 146 valence electrons. The fourth-order valence-electron chi connectivity index (χ4n) is 2.89. The third-order valence-electron chi connectivity index (χ3n) is 4.46. The molecule has 1 aliphatic heterocycles. The van der Waals surface area contributed by atoms with Crippen molar-refractivity contribution in [2.24, 2.45) is 0 Å². The lowest BCUT2D eigenvalue weighted by Gasteiger charge is -2.18. The highest BCUT2D eigenvalue weighted by molar-refractivity contribution is 5.89. The fourth-order valence-corrected chi connectivity index (χ4v) is 2.89. The van der Waals surface area contributed by atoms with Crippen LogP contribution in [0.2, 0.25) is 0 Å². The summed E-state index contributed by atoms with van der Waals surface area (Å²) < 4.78 is 11.4. The number of hydrogen-bond acceptors (Lipinski definition) is 5. The Labute approximate surface area is 164 Å². The number of carbonyl (C=O) groups excluding carboxylic acids is 1. The molecule has 1 N–H and O–H groups in total. The summed E-state index contributed by atoms with van der Waals surface area (Å²) in [5.41, 5.74) is 1.22. The topological polar surface area (TPSA) is 87.5 Å². The van der Waals surface area contributed by atoms with Gasteiger partial charge >= 0.3 is 6.03 Å². The van der Waals surface area contributed by atoms with E-state index in [-0.39, 0.29) is 12.1 Å². The molecule has 0 saturated carbocycles. The number of anilines is 1. The molecule has 0 aliphatic carbocycles. The van der Waals surface area contributed by atoms with Crippen molar-refractivity contribution in [1.82, 2.24) is 9.88 Å². The SMILES string of the molecule is CCCCOc1ccc(NC(=O)N2CCC(Oc3cc(C#N)ccn3)C2)cc1. The summed E-state index contributed by atoms with van der Waals surface area (Å²) in [5.74, 6) is 1.21. The third-order valence-corrected chi connectivity index (χ3v) is 4.46. The van der Waals surface area contributed by atoms with E-state index in [1.165, 1.54) is 0 Å². The minimum atomic E-state index is -0.163. The van der Waals surface area contributed by atoms with Gasteiger partial charge in [-0.2, -0.15) is 5.26 Å². The van der Waals surface area contributed by atoms with Crippen molar-refractivity contribution in [3.63, 3.8) is 0 Å². The number of ether oxygens (including phenoxy) is 2. The van der Waals surface area contributed by atoms with Gasteiger partial charge in [0.05, 0.1) is 24.8 Å². The Kier molecular flexibility index (Phi) is 6.68. The number of benzene rings is 1. The molecule has 28 heavy (non-hydrogen) atoms. The Morgan fingerprint density at radius 3 is 2.93 bits per heavy atom. The number of aromatic nitrogens is 1. The molecule has 3 rings (SSSR count). The molecule has 2 heterocycles. The number of hydrogen-bond donors (Lipinski definition) is 1. The molecule has 7 heteroatoms. The molecule has 0 radical (unpaired) electrons. The maximum absolute atomic E-state index is 12.5. The predicted molar refractivity (Wildman–Crippen MR) is 105 cm³/mol. The second-order valence-corrected chi connectivity index (χ2v) is 6.63. The first kappa shape index (κ1) is 19.5. The quantitative estimate of drug-likeness (QED) is 0.738. The molecule has 1 aliphatic rings. The van der Waals surface area contributed by atoms with Gasteiger partial charge in [-0.25, -0.2) is 9.78 Å². The van der Waals surface area contributed by atoms with Gasteiger partial charge in [-0.3, -0.25) is 0 Å². The standard InChI is InChI=1S/C21H24N4O3/c1-2-3-12-27-18-6-4-17(5-7-18)24-21(26)25-11-9-19(15-25)28-20-13-16(14-22)8-10-23-20/h4-8,10,13,19H,2-3,9,11-12,15H2,1H3,(H,24,26). The lowest BCUT2D eigenvalue weighted by molar-refractivity contribution is 0.190. The molecule has 1 unspecified atom stereocenters. The zero-order valence-corrected chi connectivity index (χ0v) is 15.9. The van der Waals surface area contributed by atoms with Crippen molar-refractivity contribution in [2.45, 2.75) is 32.3 Å². The number of likely N-dealkylation sites (tertiary alicyclic amines) is 1. The number of rotatable bonds is 7. The third kappa shape index (κ3) is 5.36. The molecule has 0 bridgehead atoms. The van der Waals surface area contributed by atoms with E-state index in [2.05, 4.69) is 23.3 Å². The van der Waals surface area contributed by atoms with E-state index in [0.717, 1.165) is 30.7 Å². The molecule has 7 nitrogen and oxygen atoms in total. The monoisotopic (exact) mass is 380 g/mol. The summed E-state index contributed by atoms with van der Waals surface area (Å²) >= 11 is 0. The lowest BCUT2D eigenvalue weighted by Crippen LogP contribution is -2.34. The van der Waals surface area contributed by atoms with Gasteiger partial charge in [0.2, 0.25) is 5.88 Å². The van der Waals surface area contributed by atoms with E-state index in [4.69, 9.17) is 14.7 Å². The zero-order chi connectivity index (χ0) is 19.8. The maximum atomic E-state index is 12.5. The molecule has 1 fully saturated rings. The Morgan fingerprint density at radius 1 is 1.36 bits per heavy atom. The zero-order valence-electron chi connectivity index (χ0n) is 15.9. The Hall–Kier alpha value is -3.27. The van der Waals surface area contributed by atoms with Crippen LogP contribution in [-0.4, -0.2) is 41.7 Å². The summed E-state index contributed by atoms with van der Waals surface area (Å²) in [6.45, 7) is 3.90. The van der Waals surface area contributed by atoms with E-state index in [1.54, 1.807) is 23.2 Å². The van der Waals surface area contributed by atoms with Gasteiger partial charge in [-0.05, 0) is 36.8 Å². The molecule has 0 spiro atoms. The van der Waals surface area contributed by atoms with Gasteiger partial charge < -0.3 is 19.7 Å². The van der Waals surface area contributed by atoms with Crippen LogP contribution in [0.3, 0.4) is 0 Å². The highest BCUT2D eigenvalue weighted by Gasteiger charge is 2.28. The van der Waals surface area contributed by atoms with Gasteiger partial charge in [0.1, 0.15) is 11.9 Å². The van der Waals surface area contributed by atoms with Crippen molar-refractivity contribution in [2.75, 3.05) is 25.0 Å².